The molecule has 0 aromatic heterocycles. The van der Waals surface area contributed by atoms with E-state index in [-0.39, 0.29) is 42.9 Å². The highest BCUT2D eigenvalue weighted by atomic mass is 16.7. The van der Waals surface area contributed by atoms with Gasteiger partial charge in [0.2, 0.25) is 0 Å². The van der Waals surface area contributed by atoms with Gasteiger partial charge in [-0.1, -0.05) is 6.08 Å². The zero-order chi connectivity index (χ0) is 19.1. The van der Waals surface area contributed by atoms with Gasteiger partial charge in [0.25, 0.3) is 0 Å². The van der Waals surface area contributed by atoms with Crippen molar-refractivity contribution in [2.45, 2.75) is 82.4 Å². The maximum atomic E-state index is 6.41. The van der Waals surface area contributed by atoms with Crippen molar-refractivity contribution in [3.8, 4) is 0 Å². The third-order valence-electron chi connectivity index (χ3n) is 6.01. The lowest BCUT2D eigenvalue weighted by atomic mass is 9.89. The summed E-state index contributed by atoms with van der Waals surface area (Å²) >= 11 is 0. The van der Waals surface area contributed by atoms with Crippen LogP contribution in [0, 0.1) is 11.8 Å². The molecule has 0 N–H and O–H groups in total. The van der Waals surface area contributed by atoms with E-state index in [1.165, 1.54) is 0 Å². The Labute approximate surface area is 163 Å². The number of allylic oxidation sites excluding steroid dienone is 1. The standard InChI is InChI=1S/C21H36O6/c1-4-9-15-16(26-18-10-5-7-12-24-18)14-17(20(15)21(22-2)23-3)27-19-11-6-8-13-25-19/h4,15-21H,1,5-14H2,2-3H3/t15-,16-,17+,18?,19?,20+/m0/s1. The Kier molecular flexibility index (Phi) is 8.55. The third kappa shape index (κ3) is 5.52. The lowest BCUT2D eigenvalue weighted by molar-refractivity contribution is -0.227. The third-order valence-corrected chi connectivity index (χ3v) is 6.01. The van der Waals surface area contributed by atoms with Crippen LogP contribution in [0.15, 0.2) is 12.7 Å². The minimum Gasteiger partial charge on any atom is -0.356 e. The van der Waals surface area contributed by atoms with Crippen LogP contribution in [-0.2, 0) is 28.4 Å². The van der Waals surface area contributed by atoms with Crippen LogP contribution in [0.1, 0.15) is 51.4 Å². The van der Waals surface area contributed by atoms with Crippen molar-refractivity contribution in [1.82, 2.24) is 0 Å². The van der Waals surface area contributed by atoms with Crippen molar-refractivity contribution in [1.29, 1.82) is 0 Å². The van der Waals surface area contributed by atoms with E-state index in [0.717, 1.165) is 64.6 Å². The number of hydrogen-bond donors (Lipinski definition) is 0. The smallest absolute Gasteiger partial charge is 0.162 e. The average molecular weight is 385 g/mol. The zero-order valence-electron chi connectivity index (χ0n) is 16.8. The van der Waals surface area contributed by atoms with Gasteiger partial charge >= 0.3 is 0 Å². The second kappa shape index (κ2) is 10.9. The zero-order valence-corrected chi connectivity index (χ0v) is 16.8. The molecule has 3 aliphatic rings. The molecule has 2 saturated heterocycles. The molecule has 0 spiro atoms. The van der Waals surface area contributed by atoms with Crippen LogP contribution >= 0.6 is 0 Å². The largest absolute Gasteiger partial charge is 0.356 e. The summed E-state index contributed by atoms with van der Waals surface area (Å²) < 4.78 is 35.8. The van der Waals surface area contributed by atoms with E-state index in [4.69, 9.17) is 28.4 Å². The van der Waals surface area contributed by atoms with Gasteiger partial charge in [-0.3, -0.25) is 0 Å². The molecule has 1 aliphatic carbocycles. The summed E-state index contributed by atoms with van der Waals surface area (Å²) in [6, 6.07) is 0. The fourth-order valence-electron chi connectivity index (χ4n) is 4.70. The summed E-state index contributed by atoms with van der Waals surface area (Å²) in [5.74, 6) is 0.281. The van der Waals surface area contributed by atoms with Crippen LogP contribution in [0.25, 0.3) is 0 Å². The molecule has 0 radical (unpaired) electrons. The van der Waals surface area contributed by atoms with Crippen molar-refractivity contribution in [2.75, 3.05) is 27.4 Å². The molecule has 27 heavy (non-hydrogen) atoms. The van der Waals surface area contributed by atoms with Gasteiger partial charge in [-0.05, 0) is 50.9 Å². The molecular weight excluding hydrogens is 348 g/mol. The van der Waals surface area contributed by atoms with E-state index in [9.17, 15) is 0 Å². The molecule has 0 aromatic carbocycles. The molecule has 156 valence electrons. The maximum Gasteiger partial charge on any atom is 0.162 e. The SMILES string of the molecule is C=CC[C@@H]1[C@@H](C(OC)OC)[C@H](OC2CCCCO2)C[C@@H]1OC1CCCCO1. The van der Waals surface area contributed by atoms with Crippen molar-refractivity contribution in [2.24, 2.45) is 11.8 Å². The lowest BCUT2D eigenvalue weighted by Gasteiger charge is -2.34. The predicted molar refractivity (Wildman–Crippen MR) is 101 cm³/mol. The van der Waals surface area contributed by atoms with Crippen molar-refractivity contribution in [3.63, 3.8) is 0 Å². The number of hydrogen-bond acceptors (Lipinski definition) is 6. The summed E-state index contributed by atoms with van der Waals surface area (Å²) in [5, 5.41) is 0. The first-order valence-corrected chi connectivity index (χ1v) is 10.5. The van der Waals surface area contributed by atoms with Crippen molar-refractivity contribution < 1.29 is 28.4 Å². The first-order chi connectivity index (χ1) is 13.3. The van der Waals surface area contributed by atoms with Crippen LogP contribution in [0.4, 0.5) is 0 Å². The van der Waals surface area contributed by atoms with E-state index in [1.807, 2.05) is 6.08 Å². The average Bonchev–Trinajstić information content (AvgIpc) is 3.02. The highest BCUT2D eigenvalue weighted by molar-refractivity contribution is 4.97. The molecule has 2 unspecified atom stereocenters. The Morgan fingerprint density at radius 3 is 2.00 bits per heavy atom. The monoisotopic (exact) mass is 384 g/mol. The van der Waals surface area contributed by atoms with Gasteiger partial charge in [-0.15, -0.1) is 6.58 Å². The van der Waals surface area contributed by atoms with Gasteiger partial charge in [0.1, 0.15) is 0 Å². The molecule has 0 amide bonds. The molecule has 6 atom stereocenters. The molecule has 2 heterocycles. The maximum absolute atomic E-state index is 6.41. The molecule has 6 heteroatoms. The predicted octanol–water partition coefficient (Wildman–Crippen LogP) is 3.64. The van der Waals surface area contributed by atoms with E-state index in [0.29, 0.717) is 0 Å². The molecular formula is C21H36O6. The molecule has 0 bridgehead atoms. The van der Waals surface area contributed by atoms with Gasteiger partial charge in [-0.2, -0.15) is 0 Å². The summed E-state index contributed by atoms with van der Waals surface area (Å²) in [6.45, 7) is 5.51. The molecule has 0 aromatic rings. The Balaban J connectivity index is 1.72. The Hall–Kier alpha value is -0.500. The number of ether oxygens (including phenoxy) is 6. The highest BCUT2D eigenvalue weighted by Gasteiger charge is 2.50. The minimum atomic E-state index is -0.343. The fourth-order valence-corrected chi connectivity index (χ4v) is 4.70. The summed E-state index contributed by atoms with van der Waals surface area (Å²) in [5.41, 5.74) is 0. The van der Waals surface area contributed by atoms with E-state index in [1.54, 1.807) is 14.2 Å². The lowest BCUT2D eigenvalue weighted by Crippen LogP contribution is -2.39. The van der Waals surface area contributed by atoms with Crippen molar-refractivity contribution >= 4 is 0 Å². The number of methoxy groups -OCH3 is 2. The summed E-state index contributed by atoms with van der Waals surface area (Å²) in [7, 11) is 3.37. The van der Waals surface area contributed by atoms with Crippen LogP contribution in [0.3, 0.4) is 0 Å². The van der Waals surface area contributed by atoms with E-state index in [2.05, 4.69) is 6.58 Å². The van der Waals surface area contributed by atoms with Gasteiger partial charge in [0.15, 0.2) is 18.9 Å². The summed E-state index contributed by atoms with van der Waals surface area (Å²) in [6.07, 6.45) is 9.40. The normalized spacial score (nSPS) is 37.6. The van der Waals surface area contributed by atoms with E-state index < -0.39 is 0 Å². The Morgan fingerprint density at radius 2 is 1.52 bits per heavy atom. The second-order valence-electron chi connectivity index (χ2n) is 7.78. The molecule has 1 saturated carbocycles. The highest BCUT2D eigenvalue weighted by Crippen LogP contribution is 2.43. The van der Waals surface area contributed by atoms with Crippen LogP contribution < -0.4 is 0 Å². The molecule has 3 rings (SSSR count). The molecule has 2 aliphatic heterocycles. The first-order valence-electron chi connectivity index (χ1n) is 10.5. The van der Waals surface area contributed by atoms with Gasteiger partial charge in [-0.25, -0.2) is 0 Å². The van der Waals surface area contributed by atoms with E-state index >= 15 is 0 Å². The Bertz CT molecular complexity index is 428. The molecule has 3 fully saturated rings. The van der Waals surface area contributed by atoms with Gasteiger partial charge < -0.3 is 28.4 Å². The van der Waals surface area contributed by atoms with Crippen LogP contribution in [0.2, 0.25) is 0 Å². The first kappa shape index (κ1) is 21.2. The second-order valence-corrected chi connectivity index (χ2v) is 7.78. The Morgan fingerprint density at radius 1 is 0.926 bits per heavy atom. The minimum absolute atomic E-state index is 0.0310. The van der Waals surface area contributed by atoms with Crippen LogP contribution in [0.5, 0.6) is 0 Å². The fraction of sp³-hybridized carbons (Fsp3) is 0.905. The number of rotatable bonds is 9. The van der Waals surface area contributed by atoms with Gasteiger partial charge in [0.05, 0.1) is 12.2 Å². The topological polar surface area (TPSA) is 55.4 Å². The van der Waals surface area contributed by atoms with Crippen molar-refractivity contribution in [3.05, 3.63) is 12.7 Å². The van der Waals surface area contributed by atoms with Gasteiger partial charge in [0, 0.05) is 39.8 Å². The molecule has 6 nitrogen and oxygen atoms in total. The van der Waals surface area contributed by atoms with Crippen LogP contribution in [-0.4, -0.2) is 58.5 Å². The summed E-state index contributed by atoms with van der Waals surface area (Å²) in [4.78, 5) is 0. The quantitative estimate of drug-likeness (QED) is 0.447.